The topological polar surface area (TPSA) is 64.6 Å². The van der Waals surface area contributed by atoms with Crippen LogP contribution in [-0.2, 0) is 24.8 Å². The molecule has 0 bridgehead atoms. The van der Waals surface area contributed by atoms with Gasteiger partial charge in [-0.2, -0.15) is 0 Å². The van der Waals surface area contributed by atoms with Crippen molar-refractivity contribution < 1.29 is 19.1 Å². The summed E-state index contributed by atoms with van der Waals surface area (Å²) in [7, 11) is 0. The molecule has 2 aromatic carbocycles. The maximum atomic E-state index is 12.3. The third-order valence-electron chi connectivity index (χ3n) is 4.69. The van der Waals surface area contributed by atoms with E-state index in [1.807, 2.05) is 49.4 Å². The van der Waals surface area contributed by atoms with Crippen molar-refractivity contribution in [3.05, 3.63) is 60.2 Å². The Morgan fingerprint density at radius 2 is 1.59 bits per heavy atom. The molecule has 0 aromatic heterocycles. The largest absolute Gasteiger partial charge is 0.413 e. The average molecular weight is 367 g/mol. The molecule has 1 heterocycles. The van der Waals surface area contributed by atoms with Gasteiger partial charge in [0.1, 0.15) is 0 Å². The van der Waals surface area contributed by atoms with Crippen LogP contribution in [0.1, 0.15) is 38.7 Å². The lowest BCUT2D eigenvalue weighted by atomic mass is 9.92. The van der Waals surface area contributed by atoms with Gasteiger partial charge in [-0.25, -0.2) is 9.59 Å². The molecule has 1 aliphatic heterocycles. The number of carbonyl (C=O) groups is 2. The fourth-order valence-electron chi connectivity index (χ4n) is 3.42. The van der Waals surface area contributed by atoms with Crippen LogP contribution < -0.4 is 5.32 Å². The van der Waals surface area contributed by atoms with Crippen LogP contribution in [0.5, 0.6) is 0 Å². The van der Waals surface area contributed by atoms with Gasteiger partial charge in [0.25, 0.3) is 5.79 Å². The molecular weight excluding hydrogens is 342 g/mol. The highest BCUT2D eigenvalue weighted by Crippen LogP contribution is 2.37. The van der Waals surface area contributed by atoms with E-state index in [9.17, 15) is 9.59 Å². The minimum Gasteiger partial charge on any atom is -0.413 e. The van der Waals surface area contributed by atoms with E-state index in [0.717, 1.165) is 42.3 Å². The van der Waals surface area contributed by atoms with Gasteiger partial charge in [-0.3, -0.25) is 0 Å². The third-order valence-corrected chi connectivity index (χ3v) is 4.69. The predicted octanol–water partition coefficient (Wildman–Crippen LogP) is 3.82. The molecule has 0 saturated carbocycles. The molecule has 5 heteroatoms. The molecule has 1 aliphatic rings. The summed E-state index contributed by atoms with van der Waals surface area (Å²) in [5, 5.41) is 5.47. The number of ether oxygens (including phenoxy) is 2. The quantitative estimate of drug-likeness (QED) is 0.754. The summed E-state index contributed by atoms with van der Waals surface area (Å²) in [6.07, 6.45) is 4.68. The molecule has 1 atom stereocenters. The smallest absolute Gasteiger partial charge is 0.334 e. The molecule has 0 amide bonds. The Hall–Kier alpha value is -2.66. The van der Waals surface area contributed by atoms with Crippen LogP contribution in [0.4, 0.5) is 0 Å². The number of carbonyl (C=O) groups excluding carboxylic acids is 2. The van der Waals surface area contributed by atoms with Crippen LogP contribution in [0.3, 0.4) is 0 Å². The number of hydrogen-bond acceptors (Lipinski definition) is 5. The van der Waals surface area contributed by atoms with E-state index in [1.165, 1.54) is 0 Å². The van der Waals surface area contributed by atoms with Crippen LogP contribution >= 0.6 is 0 Å². The molecular formula is C22H25NO4. The zero-order valence-electron chi connectivity index (χ0n) is 15.7. The standard InChI is InChI=1S/C22H25NO4/c1-3-7-19(23-14-4-2)22(26-20(24)12-13-21(25)27-22)18-11-10-16-8-5-6-9-17(16)15-18/h5-6,8-13,15,19,23H,3-4,7,14H2,1-2H3. The van der Waals surface area contributed by atoms with Gasteiger partial charge >= 0.3 is 11.9 Å². The average Bonchev–Trinajstić information content (AvgIpc) is 2.83. The fourth-order valence-corrected chi connectivity index (χ4v) is 3.42. The van der Waals surface area contributed by atoms with Crippen molar-refractivity contribution in [1.82, 2.24) is 5.32 Å². The first kappa shape index (κ1) is 19.1. The van der Waals surface area contributed by atoms with Crippen LogP contribution in [0, 0.1) is 0 Å². The van der Waals surface area contributed by atoms with Crippen LogP contribution in [0.15, 0.2) is 54.6 Å². The number of rotatable bonds is 7. The van der Waals surface area contributed by atoms with E-state index >= 15 is 0 Å². The lowest BCUT2D eigenvalue weighted by Gasteiger charge is -2.38. The van der Waals surface area contributed by atoms with E-state index < -0.39 is 17.7 Å². The van der Waals surface area contributed by atoms with Gasteiger partial charge in [-0.05, 0) is 36.2 Å². The normalized spacial score (nSPS) is 17.3. The lowest BCUT2D eigenvalue weighted by molar-refractivity contribution is -0.238. The highest BCUT2D eigenvalue weighted by Gasteiger charge is 2.48. The summed E-state index contributed by atoms with van der Waals surface area (Å²) in [5.41, 5.74) is 0.647. The number of nitrogens with one attached hydrogen (secondary N) is 1. The summed E-state index contributed by atoms with van der Waals surface area (Å²) in [5.74, 6) is -2.69. The summed E-state index contributed by atoms with van der Waals surface area (Å²) in [6.45, 7) is 4.83. The third kappa shape index (κ3) is 4.03. The Labute approximate surface area is 159 Å². The first-order valence-electron chi connectivity index (χ1n) is 9.45. The van der Waals surface area contributed by atoms with Gasteiger partial charge in [0, 0.05) is 17.7 Å². The fraction of sp³-hybridized carbons (Fsp3) is 0.364. The second-order valence-electron chi connectivity index (χ2n) is 6.70. The number of esters is 2. The van der Waals surface area contributed by atoms with E-state index in [1.54, 1.807) is 0 Å². The predicted molar refractivity (Wildman–Crippen MR) is 104 cm³/mol. The van der Waals surface area contributed by atoms with Crippen molar-refractivity contribution in [2.75, 3.05) is 6.54 Å². The Bertz CT molecular complexity index is 838. The summed E-state index contributed by atoms with van der Waals surface area (Å²) in [6, 6.07) is 13.3. The lowest BCUT2D eigenvalue weighted by Crippen LogP contribution is -2.53. The first-order chi connectivity index (χ1) is 13.1. The Kier molecular flexibility index (Phi) is 5.91. The minimum absolute atomic E-state index is 0.351. The molecule has 1 N–H and O–H groups in total. The van der Waals surface area contributed by atoms with Crippen molar-refractivity contribution in [2.45, 2.75) is 44.9 Å². The highest BCUT2D eigenvalue weighted by atomic mass is 16.7. The van der Waals surface area contributed by atoms with Crippen LogP contribution in [0.2, 0.25) is 0 Å². The Balaban J connectivity index is 2.14. The van der Waals surface area contributed by atoms with E-state index in [2.05, 4.69) is 12.2 Å². The summed E-state index contributed by atoms with van der Waals surface area (Å²) >= 11 is 0. The molecule has 142 valence electrons. The molecule has 5 nitrogen and oxygen atoms in total. The molecule has 1 unspecified atom stereocenters. The molecule has 0 fully saturated rings. The zero-order chi connectivity index (χ0) is 19.3. The summed E-state index contributed by atoms with van der Waals surface area (Å²) < 4.78 is 11.6. The molecule has 0 spiro atoms. The molecule has 3 rings (SSSR count). The first-order valence-corrected chi connectivity index (χ1v) is 9.45. The maximum Gasteiger partial charge on any atom is 0.334 e. The zero-order valence-corrected chi connectivity index (χ0v) is 15.7. The van der Waals surface area contributed by atoms with E-state index in [4.69, 9.17) is 9.47 Å². The van der Waals surface area contributed by atoms with Gasteiger partial charge < -0.3 is 14.8 Å². The van der Waals surface area contributed by atoms with Crippen molar-refractivity contribution in [2.24, 2.45) is 0 Å². The minimum atomic E-state index is -1.51. The van der Waals surface area contributed by atoms with E-state index in [-0.39, 0.29) is 6.04 Å². The maximum absolute atomic E-state index is 12.3. The monoisotopic (exact) mass is 367 g/mol. The molecule has 2 aromatic rings. The van der Waals surface area contributed by atoms with Gasteiger partial charge in [0.15, 0.2) is 0 Å². The van der Waals surface area contributed by atoms with Crippen LogP contribution in [-0.4, -0.2) is 24.5 Å². The molecule has 0 saturated heterocycles. The SMILES string of the molecule is CCCNC(CCC)C1(c2ccc3ccccc3c2)OC(=O)C=CC(=O)O1. The van der Waals surface area contributed by atoms with Crippen molar-refractivity contribution in [3.63, 3.8) is 0 Å². The van der Waals surface area contributed by atoms with Crippen molar-refractivity contribution >= 4 is 22.7 Å². The van der Waals surface area contributed by atoms with Gasteiger partial charge in [0.05, 0.1) is 6.04 Å². The Morgan fingerprint density at radius 1 is 0.926 bits per heavy atom. The van der Waals surface area contributed by atoms with Gasteiger partial charge in [-0.1, -0.05) is 56.7 Å². The number of fused-ring (bicyclic) bond motifs is 1. The van der Waals surface area contributed by atoms with Gasteiger partial charge in [-0.15, -0.1) is 0 Å². The number of cyclic esters (lactones) is 2. The van der Waals surface area contributed by atoms with Crippen molar-refractivity contribution in [3.8, 4) is 0 Å². The number of hydrogen-bond donors (Lipinski definition) is 1. The Morgan fingerprint density at radius 3 is 2.22 bits per heavy atom. The summed E-state index contributed by atoms with van der Waals surface area (Å²) in [4.78, 5) is 24.6. The van der Waals surface area contributed by atoms with Gasteiger partial charge in [0.2, 0.25) is 0 Å². The van der Waals surface area contributed by atoms with Crippen LogP contribution in [0.25, 0.3) is 10.8 Å². The van der Waals surface area contributed by atoms with E-state index in [0.29, 0.717) is 12.0 Å². The number of benzene rings is 2. The molecule has 0 aliphatic carbocycles. The van der Waals surface area contributed by atoms with Crippen molar-refractivity contribution in [1.29, 1.82) is 0 Å². The highest BCUT2D eigenvalue weighted by molar-refractivity contribution is 5.93. The molecule has 27 heavy (non-hydrogen) atoms. The molecule has 0 radical (unpaired) electrons. The second kappa shape index (κ2) is 8.35. The second-order valence-corrected chi connectivity index (χ2v) is 6.70.